The third-order valence-corrected chi connectivity index (χ3v) is 3.89. The molecule has 0 radical (unpaired) electrons. The maximum Gasteiger partial charge on any atom is 0.302 e. The van der Waals surface area contributed by atoms with Gasteiger partial charge in [0.2, 0.25) is 0 Å². The first-order chi connectivity index (χ1) is 14.3. The second-order valence-electron chi connectivity index (χ2n) is 6.16. The molecule has 0 N–H and O–H groups in total. The maximum atomic E-state index is 11.0. The summed E-state index contributed by atoms with van der Waals surface area (Å²) in [5.41, 5.74) is 1.91. The summed E-state index contributed by atoms with van der Waals surface area (Å²) in [4.78, 5) is 34.1. The van der Waals surface area contributed by atoms with Gasteiger partial charge in [0.15, 0.2) is 0 Å². The molecule has 2 aromatic carbocycles. The highest BCUT2D eigenvalue weighted by Gasteiger charge is 2.09. The number of hydrogen-bond acceptors (Lipinski definition) is 9. The van der Waals surface area contributed by atoms with Crippen molar-refractivity contribution in [2.24, 2.45) is 10.2 Å². The van der Waals surface area contributed by atoms with Crippen molar-refractivity contribution in [3.05, 3.63) is 58.6 Å². The first-order valence-corrected chi connectivity index (χ1v) is 9.13. The molecule has 0 saturated heterocycles. The number of rotatable bonds is 10. The van der Waals surface area contributed by atoms with Crippen molar-refractivity contribution in [3.63, 3.8) is 0 Å². The van der Waals surface area contributed by atoms with Crippen molar-refractivity contribution in [3.8, 4) is 0 Å². The van der Waals surface area contributed by atoms with Crippen molar-refractivity contribution < 1.29 is 24.0 Å². The number of anilines is 1. The normalized spacial score (nSPS) is 10.6. The number of carbonyl (C=O) groups excluding carboxylic acids is 2. The summed E-state index contributed by atoms with van der Waals surface area (Å²) < 4.78 is 9.98. The van der Waals surface area contributed by atoms with E-state index >= 15 is 0 Å². The number of non-ortho nitro benzene ring substituents is 1. The Hall–Kier alpha value is -3.82. The van der Waals surface area contributed by atoms with Crippen LogP contribution in [0.4, 0.5) is 22.7 Å². The molecule has 2 rings (SSSR count). The van der Waals surface area contributed by atoms with E-state index < -0.39 is 4.92 Å². The number of carbonyl (C=O) groups is 2. The van der Waals surface area contributed by atoms with E-state index in [1.54, 1.807) is 12.1 Å². The van der Waals surface area contributed by atoms with Gasteiger partial charge < -0.3 is 14.4 Å². The number of nitrogens with zero attached hydrogens (tertiary/aromatic N) is 4. The molecule has 0 spiro atoms. The van der Waals surface area contributed by atoms with Crippen molar-refractivity contribution in [1.29, 1.82) is 0 Å². The van der Waals surface area contributed by atoms with E-state index in [4.69, 9.17) is 9.47 Å². The first kappa shape index (κ1) is 22.5. The van der Waals surface area contributed by atoms with Gasteiger partial charge in [0.25, 0.3) is 5.69 Å². The predicted molar refractivity (Wildman–Crippen MR) is 109 cm³/mol. The molecule has 0 unspecified atom stereocenters. The van der Waals surface area contributed by atoms with Crippen LogP contribution >= 0.6 is 0 Å². The topological polar surface area (TPSA) is 124 Å². The number of nitro benzene ring substituents is 1. The van der Waals surface area contributed by atoms with E-state index in [1.807, 2.05) is 17.0 Å². The predicted octanol–water partition coefficient (Wildman–Crippen LogP) is 3.94. The summed E-state index contributed by atoms with van der Waals surface area (Å²) >= 11 is 0. The highest BCUT2D eigenvalue weighted by Crippen LogP contribution is 2.23. The molecule has 158 valence electrons. The standard InChI is InChI=1S/C20H22N4O6/c1-15(25)29-13-11-23(12-14-30-16(2)26)19-7-3-17(4-8-19)21-22-18-5-9-20(10-6-18)24(27)28/h3-10H,11-14H2,1-2H3/b22-21+. The van der Waals surface area contributed by atoms with Crippen molar-refractivity contribution in [1.82, 2.24) is 0 Å². The van der Waals surface area contributed by atoms with E-state index in [-0.39, 0.29) is 30.8 Å². The van der Waals surface area contributed by atoms with E-state index in [0.717, 1.165) is 5.69 Å². The summed E-state index contributed by atoms with van der Waals surface area (Å²) in [6.45, 7) is 3.96. The average Bonchev–Trinajstić information content (AvgIpc) is 2.71. The van der Waals surface area contributed by atoms with Crippen LogP contribution in [-0.2, 0) is 19.1 Å². The molecule has 2 aromatic rings. The van der Waals surface area contributed by atoms with Gasteiger partial charge >= 0.3 is 11.9 Å². The summed E-state index contributed by atoms with van der Waals surface area (Å²) in [6.07, 6.45) is 0. The zero-order chi connectivity index (χ0) is 21.9. The van der Waals surface area contributed by atoms with Gasteiger partial charge in [0.05, 0.1) is 29.4 Å². The van der Waals surface area contributed by atoms with Crippen LogP contribution in [0.5, 0.6) is 0 Å². The Morgan fingerprint density at radius 1 is 0.867 bits per heavy atom. The molecule has 0 heterocycles. The SMILES string of the molecule is CC(=O)OCCN(CCOC(C)=O)c1ccc(/N=N/c2ccc([N+](=O)[O-])cc2)cc1. The fourth-order valence-electron chi connectivity index (χ4n) is 2.46. The van der Waals surface area contributed by atoms with Crippen LogP contribution in [-0.4, -0.2) is 43.2 Å². The van der Waals surface area contributed by atoms with Gasteiger partial charge in [-0.05, 0) is 36.4 Å². The minimum absolute atomic E-state index is 0.0131. The van der Waals surface area contributed by atoms with E-state index in [0.29, 0.717) is 24.5 Å². The smallest absolute Gasteiger partial charge is 0.302 e. The van der Waals surface area contributed by atoms with Gasteiger partial charge in [-0.15, -0.1) is 0 Å². The lowest BCUT2D eigenvalue weighted by Gasteiger charge is -2.24. The summed E-state index contributed by atoms with van der Waals surface area (Å²) in [7, 11) is 0. The molecule has 0 amide bonds. The van der Waals surface area contributed by atoms with Crippen molar-refractivity contribution >= 4 is 34.7 Å². The Morgan fingerprint density at radius 3 is 1.70 bits per heavy atom. The number of nitro groups is 1. The molecule has 10 heteroatoms. The minimum atomic E-state index is -0.478. The number of esters is 2. The number of azo groups is 1. The Balaban J connectivity index is 2.03. The average molecular weight is 414 g/mol. The van der Waals surface area contributed by atoms with Gasteiger partial charge in [0.1, 0.15) is 13.2 Å². The monoisotopic (exact) mass is 414 g/mol. The highest BCUT2D eigenvalue weighted by molar-refractivity contribution is 5.66. The zero-order valence-electron chi connectivity index (χ0n) is 16.7. The third kappa shape index (κ3) is 7.66. The van der Waals surface area contributed by atoms with Crippen molar-refractivity contribution in [2.45, 2.75) is 13.8 Å². The van der Waals surface area contributed by atoms with Crippen LogP contribution in [0.2, 0.25) is 0 Å². The molecule has 10 nitrogen and oxygen atoms in total. The molecular formula is C20H22N4O6. The molecule has 0 aromatic heterocycles. The first-order valence-electron chi connectivity index (χ1n) is 9.13. The van der Waals surface area contributed by atoms with E-state index in [9.17, 15) is 19.7 Å². The molecule has 0 bridgehead atoms. The molecule has 0 saturated carbocycles. The van der Waals surface area contributed by atoms with Gasteiger partial charge in [0, 0.05) is 31.7 Å². The molecule has 0 aliphatic heterocycles. The Kier molecular flexibility index (Phi) is 8.42. The third-order valence-electron chi connectivity index (χ3n) is 3.89. The lowest BCUT2D eigenvalue weighted by atomic mass is 10.2. The maximum absolute atomic E-state index is 11.0. The largest absolute Gasteiger partial charge is 0.464 e. The van der Waals surface area contributed by atoms with Crippen LogP contribution in [0.15, 0.2) is 58.8 Å². The zero-order valence-corrected chi connectivity index (χ0v) is 16.7. The Labute approximate surface area is 173 Å². The summed E-state index contributed by atoms with van der Waals surface area (Å²) in [6, 6.07) is 12.9. The molecule has 30 heavy (non-hydrogen) atoms. The van der Waals surface area contributed by atoms with Crippen LogP contribution in [0.1, 0.15) is 13.8 Å². The fourth-order valence-corrected chi connectivity index (χ4v) is 2.46. The van der Waals surface area contributed by atoms with Crippen LogP contribution in [0.25, 0.3) is 0 Å². The molecule has 0 fully saturated rings. The van der Waals surface area contributed by atoms with Gasteiger partial charge in [-0.25, -0.2) is 0 Å². The lowest BCUT2D eigenvalue weighted by molar-refractivity contribution is -0.384. The molecule has 0 aliphatic rings. The fraction of sp³-hybridized carbons (Fsp3) is 0.300. The lowest BCUT2D eigenvalue weighted by Crippen LogP contribution is -2.31. The second-order valence-corrected chi connectivity index (χ2v) is 6.16. The Morgan fingerprint density at radius 2 is 1.30 bits per heavy atom. The van der Waals surface area contributed by atoms with E-state index in [2.05, 4.69) is 10.2 Å². The highest BCUT2D eigenvalue weighted by atomic mass is 16.6. The molecule has 0 atom stereocenters. The van der Waals surface area contributed by atoms with Gasteiger partial charge in [-0.2, -0.15) is 10.2 Å². The Bertz CT molecular complexity index is 877. The van der Waals surface area contributed by atoms with Crippen LogP contribution in [0, 0.1) is 10.1 Å². The molecular weight excluding hydrogens is 392 g/mol. The number of ether oxygens (including phenoxy) is 2. The van der Waals surface area contributed by atoms with Crippen LogP contribution < -0.4 is 4.90 Å². The van der Waals surface area contributed by atoms with Gasteiger partial charge in [-0.1, -0.05) is 0 Å². The van der Waals surface area contributed by atoms with E-state index in [1.165, 1.54) is 38.1 Å². The summed E-state index contributed by atoms with van der Waals surface area (Å²) in [5, 5.41) is 18.9. The number of benzene rings is 2. The quantitative estimate of drug-likeness (QED) is 0.249. The van der Waals surface area contributed by atoms with Crippen LogP contribution in [0.3, 0.4) is 0 Å². The molecule has 0 aliphatic carbocycles. The minimum Gasteiger partial charge on any atom is -0.464 e. The second kappa shape index (κ2) is 11.2. The summed E-state index contributed by atoms with van der Waals surface area (Å²) in [5.74, 6) is -0.728. The van der Waals surface area contributed by atoms with Crippen molar-refractivity contribution in [2.75, 3.05) is 31.2 Å². The number of hydrogen-bond donors (Lipinski definition) is 0. The van der Waals surface area contributed by atoms with Gasteiger partial charge in [-0.3, -0.25) is 19.7 Å².